The van der Waals surface area contributed by atoms with Gasteiger partial charge in [-0.2, -0.15) is 5.26 Å². The van der Waals surface area contributed by atoms with E-state index in [0.717, 1.165) is 61.4 Å². The summed E-state index contributed by atoms with van der Waals surface area (Å²) in [6, 6.07) is 48.2. The van der Waals surface area contributed by atoms with Crippen LogP contribution in [0.4, 0.5) is 0 Å². The second kappa shape index (κ2) is 13.3. The first-order valence-electron chi connectivity index (χ1n) is 17.1. The predicted octanol–water partition coefficient (Wildman–Crippen LogP) is 11.3. The number of nitriles is 1. The first kappa shape index (κ1) is 32.1. The van der Waals surface area contributed by atoms with Gasteiger partial charge in [0.1, 0.15) is 0 Å². The highest BCUT2D eigenvalue weighted by molar-refractivity contribution is 6.13. The maximum Gasteiger partial charge on any atom is 0.0991 e. The molecule has 0 unspecified atom stereocenters. The minimum atomic E-state index is 0.368. The fourth-order valence-corrected chi connectivity index (χ4v) is 7.26. The molecule has 0 spiro atoms. The van der Waals surface area contributed by atoms with Crippen LogP contribution >= 0.6 is 0 Å². The minimum absolute atomic E-state index is 0.368. The van der Waals surface area contributed by atoms with Gasteiger partial charge in [0, 0.05) is 45.7 Å². The van der Waals surface area contributed by atoms with Crippen LogP contribution in [0.5, 0.6) is 0 Å². The van der Waals surface area contributed by atoms with Crippen molar-refractivity contribution >= 4 is 60.7 Å². The zero-order valence-corrected chi connectivity index (χ0v) is 28.8. The van der Waals surface area contributed by atoms with Crippen molar-refractivity contribution in [3.05, 3.63) is 188 Å². The van der Waals surface area contributed by atoms with Crippen molar-refractivity contribution in [2.75, 3.05) is 7.05 Å². The lowest BCUT2D eigenvalue weighted by atomic mass is 10.0. The van der Waals surface area contributed by atoms with E-state index in [0.29, 0.717) is 11.3 Å². The van der Waals surface area contributed by atoms with E-state index in [1.807, 2.05) is 25.3 Å². The second-order valence-corrected chi connectivity index (χ2v) is 12.7. The van der Waals surface area contributed by atoms with Crippen molar-refractivity contribution < 1.29 is 0 Å². The summed E-state index contributed by atoms with van der Waals surface area (Å²) < 4.78 is 4.57. The van der Waals surface area contributed by atoms with Gasteiger partial charge in [0.25, 0.3) is 0 Å². The molecule has 0 amide bonds. The van der Waals surface area contributed by atoms with Gasteiger partial charge in [0.2, 0.25) is 0 Å². The number of hydrogen-bond donors (Lipinski definition) is 2. The lowest BCUT2D eigenvalue weighted by molar-refractivity contribution is 1.12. The summed E-state index contributed by atoms with van der Waals surface area (Å²) in [6.07, 6.45) is 7.49. The highest BCUT2D eigenvalue weighted by Crippen LogP contribution is 2.38. The number of fused-ring (bicyclic) bond motifs is 6. The van der Waals surface area contributed by atoms with Gasteiger partial charge in [-0.05, 0) is 101 Å². The molecule has 0 radical (unpaired) electrons. The summed E-state index contributed by atoms with van der Waals surface area (Å²) in [5.74, 6) is 0. The van der Waals surface area contributed by atoms with Crippen molar-refractivity contribution in [1.29, 1.82) is 10.7 Å². The molecule has 2 aromatic heterocycles. The molecule has 0 saturated carbocycles. The van der Waals surface area contributed by atoms with Gasteiger partial charge in [-0.15, -0.1) is 0 Å². The van der Waals surface area contributed by atoms with Crippen molar-refractivity contribution in [1.82, 2.24) is 14.5 Å². The fraction of sp³-hybridized carbons (Fsp3) is 0.0213. The number of nitrogens with zero attached hydrogens (tertiary/aromatic N) is 3. The number of allylic oxidation sites excluding steroid dienone is 5. The molecule has 0 aliphatic carbocycles. The summed E-state index contributed by atoms with van der Waals surface area (Å²) in [6.45, 7) is 7.99. The maximum atomic E-state index is 9.13. The topological polar surface area (TPSA) is 69.5 Å². The van der Waals surface area contributed by atoms with Crippen LogP contribution in [0.1, 0.15) is 16.7 Å². The normalized spacial score (nSPS) is 12.0. The number of hydrogen-bond acceptors (Lipinski definition) is 3. The minimum Gasteiger partial charge on any atom is -0.388 e. The number of rotatable bonds is 9. The van der Waals surface area contributed by atoms with Crippen LogP contribution < -0.4 is 5.32 Å². The third-order valence-electron chi connectivity index (χ3n) is 9.75. The molecule has 0 bridgehead atoms. The standard InChI is InChI=1S/C47H35N5/c1-4-10-36(5-2)51-44-13-8-6-11-38(44)40-27-34(21-25-46(40)51)35-22-26-47-41(28-35)39-12-7-9-14-45(39)52(47)37-23-19-33(20-24-37)43(50-3)29-42(49)32-17-15-31(30-48)16-18-32/h4-29,49-50H,1-2H2,3H3/b36-10+,43-29-,49-42?. The highest BCUT2D eigenvalue weighted by Gasteiger charge is 2.16. The van der Waals surface area contributed by atoms with Gasteiger partial charge < -0.3 is 19.9 Å². The largest absolute Gasteiger partial charge is 0.388 e. The zero-order chi connectivity index (χ0) is 35.8. The average Bonchev–Trinajstić information content (AvgIpc) is 3.71. The van der Waals surface area contributed by atoms with Crippen molar-refractivity contribution in [3.63, 3.8) is 0 Å². The number of aromatic nitrogens is 2. The van der Waals surface area contributed by atoms with E-state index in [-0.39, 0.29) is 0 Å². The Morgan fingerprint density at radius 3 is 1.87 bits per heavy atom. The van der Waals surface area contributed by atoms with E-state index < -0.39 is 0 Å². The van der Waals surface area contributed by atoms with E-state index in [1.54, 1.807) is 30.3 Å². The Balaban J connectivity index is 1.19. The molecule has 5 heteroatoms. The van der Waals surface area contributed by atoms with Crippen LogP contribution in [0.25, 0.3) is 71.8 Å². The van der Waals surface area contributed by atoms with Crippen molar-refractivity contribution in [2.45, 2.75) is 0 Å². The monoisotopic (exact) mass is 669 g/mol. The Labute approximate surface area is 302 Å². The van der Waals surface area contributed by atoms with Gasteiger partial charge in [-0.25, -0.2) is 0 Å². The Bertz CT molecular complexity index is 2820. The summed E-state index contributed by atoms with van der Waals surface area (Å²) >= 11 is 0. The Kier molecular flexibility index (Phi) is 8.19. The Morgan fingerprint density at radius 1 is 0.673 bits per heavy atom. The molecule has 8 rings (SSSR count). The van der Waals surface area contributed by atoms with Gasteiger partial charge in [-0.3, -0.25) is 0 Å². The fourth-order valence-electron chi connectivity index (χ4n) is 7.26. The molecule has 0 fully saturated rings. The molecule has 0 aliphatic rings. The van der Waals surface area contributed by atoms with E-state index >= 15 is 0 Å². The average molecular weight is 670 g/mol. The smallest absolute Gasteiger partial charge is 0.0991 e. The molecule has 5 nitrogen and oxygen atoms in total. The van der Waals surface area contributed by atoms with E-state index in [4.69, 9.17) is 10.7 Å². The van der Waals surface area contributed by atoms with Crippen molar-refractivity contribution in [2.24, 2.45) is 0 Å². The summed E-state index contributed by atoms with van der Waals surface area (Å²) in [5.41, 5.74) is 12.4. The molecular weight excluding hydrogens is 635 g/mol. The van der Waals surface area contributed by atoms with Gasteiger partial charge in [-0.1, -0.05) is 92.0 Å². The van der Waals surface area contributed by atoms with Gasteiger partial charge in [0.05, 0.1) is 39.4 Å². The maximum absolute atomic E-state index is 9.13. The molecule has 2 heterocycles. The molecule has 0 aliphatic heterocycles. The molecule has 52 heavy (non-hydrogen) atoms. The molecule has 248 valence electrons. The molecule has 8 aromatic rings. The third-order valence-corrected chi connectivity index (χ3v) is 9.75. The molecular formula is C47H35N5. The number of benzene rings is 6. The molecule has 2 N–H and O–H groups in total. The Hall–Kier alpha value is -7.16. The summed E-state index contributed by atoms with van der Waals surface area (Å²) in [5, 5.41) is 25.8. The zero-order valence-electron chi connectivity index (χ0n) is 28.8. The highest BCUT2D eigenvalue weighted by atomic mass is 15.0. The van der Waals surface area contributed by atoms with Crippen LogP contribution in [0, 0.1) is 16.7 Å². The number of nitrogens with one attached hydrogen (secondary N) is 2. The van der Waals surface area contributed by atoms with Gasteiger partial charge >= 0.3 is 0 Å². The van der Waals surface area contributed by atoms with E-state index in [9.17, 15) is 0 Å². The first-order valence-corrected chi connectivity index (χ1v) is 17.1. The summed E-state index contributed by atoms with van der Waals surface area (Å²) in [4.78, 5) is 0. The van der Waals surface area contributed by atoms with Crippen LogP contribution in [0.15, 0.2) is 171 Å². The molecule has 6 aromatic carbocycles. The Morgan fingerprint density at radius 2 is 1.23 bits per heavy atom. The van der Waals surface area contributed by atoms with E-state index in [2.05, 4.69) is 143 Å². The van der Waals surface area contributed by atoms with E-state index in [1.165, 1.54) is 21.5 Å². The predicted molar refractivity (Wildman–Crippen MR) is 219 cm³/mol. The van der Waals surface area contributed by atoms with Crippen LogP contribution in [-0.2, 0) is 0 Å². The molecule has 0 atom stereocenters. The SMILES string of the molecule is C=C/C=C(\C=C)n1c2ccccc2c2cc(-c3ccc4c(c3)c3ccccc3n4-c3ccc(/C(=C/C(=N)c4ccc(C#N)cc4)NC)cc3)ccc21. The van der Waals surface area contributed by atoms with Crippen LogP contribution in [0.3, 0.4) is 0 Å². The third kappa shape index (κ3) is 5.40. The lowest BCUT2D eigenvalue weighted by Gasteiger charge is -2.12. The van der Waals surface area contributed by atoms with Crippen LogP contribution in [-0.4, -0.2) is 21.9 Å². The molecule has 0 saturated heterocycles. The first-order chi connectivity index (χ1) is 25.5. The quantitative estimate of drug-likeness (QED) is 0.119. The van der Waals surface area contributed by atoms with Crippen LogP contribution in [0.2, 0.25) is 0 Å². The number of para-hydroxylation sites is 2. The lowest BCUT2D eigenvalue weighted by Crippen LogP contribution is -2.08. The van der Waals surface area contributed by atoms with Crippen molar-refractivity contribution in [3.8, 4) is 22.9 Å². The van der Waals surface area contributed by atoms with Gasteiger partial charge in [0.15, 0.2) is 0 Å². The second-order valence-electron chi connectivity index (χ2n) is 12.7. The summed E-state index contributed by atoms with van der Waals surface area (Å²) in [7, 11) is 1.87.